The molecule has 0 atom stereocenters. The van der Waals surface area contributed by atoms with Crippen molar-refractivity contribution in [1.29, 1.82) is 0 Å². The molecule has 2 aliphatic rings. The minimum atomic E-state index is -0.235. The summed E-state index contributed by atoms with van der Waals surface area (Å²) in [7, 11) is 0. The van der Waals surface area contributed by atoms with E-state index in [2.05, 4.69) is 27.7 Å². The lowest BCUT2D eigenvalue weighted by Crippen LogP contribution is -2.35. The van der Waals surface area contributed by atoms with Gasteiger partial charge >= 0.3 is 6.03 Å². The first-order chi connectivity index (χ1) is 15.2. The lowest BCUT2D eigenvalue weighted by Gasteiger charge is -2.26. The first-order valence-electron chi connectivity index (χ1n) is 11.0. The van der Waals surface area contributed by atoms with Crippen LogP contribution in [0.2, 0.25) is 0 Å². The number of carbonyl (C=O) groups excluding carboxylic acids is 2. The zero-order valence-corrected chi connectivity index (χ0v) is 17.8. The molecule has 31 heavy (non-hydrogen) atoms. The summed E-state index contributed by atoms with van der Waals surface area (Å²) in [5, 5.41) is 5.79. The molecule has 2 aromatic rings. The van der Waals surface area contributed by atoms with Crippen molar-refractivity contribution in [3.63, 3.8) is 0 Å². The van der Waals surface area contributed by atoms with E-state index in [4.69, 9.17) is 4.74 Å². The number of amides is 3. The molecule has 7 heteroatoms. The normalized spacial score (nSPS) is 17.0. The second-order valence-electron chi connectivity index (χ2n) is 8.13. The van der Waals surface area contributed by atoms with E-state index in [1.165, 1.54) is 5.56 Å². The Morgan fingerprint density at radius 3 is 2.45 bits per heavy atom. The highest BCUT2D eigenvalue weighted by Crippen LogP contribution is 2.16. The lowest BCUT2D eigenvalue weighted by atomic mass is 10.1. The third-order valence-electron chi connectivity index (χ3n) is 5.71. The number of carbonyl (C=O) groups is 2. The zero-order valence-electron chi connectivity index (χ0n) is 17.8. The van der Waals surface area contributed by atoms with E-state index in [1.807, 2.05) is 41.3 Å². The predicted molar refractivity (Wildman–Crippen MR) is 119 cm³/mol. The summed E-state index contributed by atoms with van der Waals surface area (Å²) < 4.78 is 5.40. The largest absolute Gasteiger partial charge is 0.379 e. The van der Waals surface area contributed by atoms with E-state index in [-0.39, 0.29) is 11.9 Å². The first-order valence-corrected chi connectivity index (χ1v) is 11.0. The van der Waals surface area contributed by atoms with Crippen molar-refractivity contribution in [2.75, 3.05) is 38.2 Å². The number of ether oxygens (including phenoxy) is 1. The van der Waals surface area contributed by atoms with Crippen LogP contribution in [0.4, 0.5) is 10.5 Å². The van der Waals surface area contributed by atoms with E-state index in [9.17, 15) is 9.59 Å². The van der Waals surface area contributed by atoms with E-state index in [1.54, 1.807) is 0 Å². The number of nitrogens with zero attached hydrogens (tertiary/aromatic N) is 2. The Bertz CT molecular complexity index is 894. The molecule has 0 unspecified atom stereocenters. The third-order valence-corrected chi connectivity index (χ3v) is 5.71. The van der Waals surface area contributed by atoms with Crippen molar-refractivity contribution < 1.29 is 14.3 Å². The SMILES string of the molecule is O=C(NCc1cccc(CN2CCOCC2)c1)Nc1ccc(CN2CCCC2=O)cc1. The maximum absolute atomic E-state index is 12.3. The number of urea groups is 1. The second kappa shape index (κ2) is 10.4. The minimum absolute atomic E-state index is 0.218. The molecule has 2 N–H and O–H groups in total. The Balaban J connectivity index is 1.23. The van der Waals surface area contributed by atoms with Gasteiger partial charge in [0.2, 0.25) is 5.91 Å². The molecule has 0 aromatic heterocycles. The molecule has 2 fully saturated rings. The van der Waals surface area contributed by atoms with E-state index >= 15 is 0 Å². The van der Waals surface area contributed by atoms with Crippen LogP contribution >= 0.6 is 0 Å². The van der Waals surface area contributed by atoms with Crippen LogP contribution in [-0.2, 0) is 29.2 Å². The van der Waals surface area contributed by atoms with E-state index in [0.717, 1.165) is 62.6 Å². The number of nitrogens with one attached hydrogen (secondary N) is 2. The zero-order chi connectivity index (χ0) is 21.5. The van der Waals surface area contributed by atoms with Gasteiger partial charge in [0.25, 0.3) is 0 Å². The van der Waals surface area contributed by atoms with Crippen LogP contribution in [0, 0.1) is 0 Å². The molecule has 2 aromatic carbocycles. The van der Waals surface area contributed by atoms with Gasteiger partial charge in [-0.3, -0.25) is 9.69 Å². The summed E-state index contributed by atoms with van der Waals surface area (Å²) in [6.45, 7) is 6.32. The van der Waals surface area contributed by atoms with Crippen LogP contribution in [0.3, 0.4) is 0 Å². The van der Waals surface area contributed by atoms with Gasteiger partial charge in [-0.25, -0.2) is 4.79 Å². The predicted octanol–water partition coefficient (Wildman–Crippen LogP) is 2.96. The third kappa shape index (κ3) is 6.29. The van der Waals surface area contributed by atoms with E-state index in [0.29, 0.717) is 19.5 Å². The topological polar surface area (TPSA) is 73.9 Å². The van der Waals surface area contributed by atoms with Gasteiger partial charge in [0.1, 0.15) is 0 Å². The van der Waals surface area contributed by atoms with Crippen LogP contribution in [0.1, 0.15) is 29.5 Å². The first kappa shape index (κ1) is 21.3. The van der Waals surface area contributed by atoms with Crippen LogP contribution in [-0.4, -0.2) is 54.6 Å². The van der Waals surface area contributed by atoms with Gasteiger partial charge in [0.15, 0.2) is 0 Å². The fraction of sp³-hybridized carbons (Fsp3) is 0.417. The molecular formula is C24H30N4O3. The molecule has 7 nitrogen and oxygen atoms in total. The number of hydrogen-bond donors (Lipinski definition) is 2. The molecule has 2 aliphatic heterocycles. The summed E-state index contributed by atoms with van der Waals surface area (Å²) >= 11 is 0. The molecule has 0 aliphatic carbocycles. The minimum Gasteiger partial charge on any atom is -0.379 e. The molecule has 2 heterocycles. The lowest BCUT2D eigenvalue weighted by molar-refractivity contribution is -0.128. The van der Waals surface area contributed by atoms with Crippen molar-refractivity contribution in [3.05, 3.63) is 65.2 Å². The van der Waals surface area contributed by atoms with Crippen molar-refractivity contribution in [3.8, 4) is 0 Å². The Morgan fingerprint density at radius 2 is 1.71 bits per heavy atom. The molecule has 4 rings (SSSR count). The molecule has 0 saturated carbocycles. The van der Waals surface area contributed by atoms with Crippen LogP contribution in [0.5, 0.6) is 0 Å². The monoisotopic (exact) mass is 422 g/mol. The molecule has 0 radical (unpaired) electrons. The maximum Gasteiger partial charge on any atom is 0.319 e. The number of morpholine rings is 1. The summed E-state index contributed by atoms with van der Waals surface area (Å²) in [6, 6.07) is 15.7. The quantitative estimate of drug-likeness (QED) is 0.720. The van der Waals surface area contributed by atoms with Gasteiger partial charge in [-0.2, -0.15) is 0 Å². The van der Waals surface area contributed by atoms with Crippen molar-refractivity contribution in [1.82, 2.24) is 15.1 Å². The number of benzene rings is 2. The van der Waals surface area contributed by atoms with Crippen LogP contribution < -0.4 is 10.6 Å². The van der Waals surface area contributed by atoms with Crippen molar-refractivity contribution in [2.24, 2.45) is 0 Å². The number of hydrogen-bond acceptors (Lipinski definition) is 4. The standard InChI is InChI=1S/C24H30N4O3/c29-23-5-2-10-28(23)18-19-6-8-22(9-7-19)26-24(30)25-16-20-3-1-4-21(15-20)17-27-11-13-31-14-12-27/h1,3-4,6-9,15H,2,5,10-14,16-18H2,(H2,25,26,30). The summed E-state index contributed by atoms with van der Waals surface area (Å²) in [6.07, 6.45) is 1.59. The van der Waals surface area contributed by atoms with Gasteiger partial charge in [-0.1, -0.05) is 36.4 Å². The molecule has 0 spiro atoms. The Morgan fingerprint density at radius 1 is 0.935 bits per heavy atom. The highest BCUT2D eigenvalue weighted by Gasteiger charge is 2.19. The molecule has 2 saturated heterocycles. The summed E-state index contributed by atoms with van der Waals surface area (Å²) in [5.74, 6) is 0.218. The molecule has 164 valence electrons. The Hall–Kier alpha value is -2.90. The molecule has 3 amide bonds. The molecular weight excluding hydrogens is 392 g/mol. The van der Waals surface area contributed by atoms with Crippen molar-refractivity contribution in [2.45, 2.75) is 32.5 Å². The van der Waals surface area contributed by atoms with Gasteiger partial charge < -0.3 is 20.3 Å². The number of likely N-dealkylation sites (tertiary alicyclic amines) is 1. The Kier molecular flexibility index (Phi) is 7.17. The average molecular weight is 423 g/mol. The van der Waals surface area contributed by atoms with Gasteiger partial charge in [0, 0.05) is 51.4 Å². The summed E-state index contributed by atoms with van der Waals surface area (Å²) in [5.41, 5.74) is 4.12. The average Bonchev–Trinajstić information content (AvgIpc) is 3.19. The highest BCUT2D eigenvalue weighted by molar-refractivity contribution is 5.89. The Labute approximate surface area is 183 Å². The van der Waals surface area contributed by atoms with Gasteiger partial charge in [-0.05, 0) is 35.2 Å². The van der Waals surface area contributed by atoms with Crippen LogP contribution in [0.25, 0.3) is 0 Å². The number of anilines is 1. The molecule has 0 bridgehead atoms. The fourth-order valence-electron chi connectivity index (χ4n) is 4.00. The number of rotatable bonds is 7. The van der Waals surface area contributed by atoms with E-state index < -0.39 is 0 Å². The summed E-state index contributed by atoms with van der Waals surface area (Å²) in [4.78, 5) is 28.3. The van der Waals surface area contributed by atoms with Crippen LogP contribution in [0.15, 0.2) is 48.5 Å². The maximum atomic E-state index is 12.3. The second-order valence-corrected chi connectivity index (χ2v) is 8.13. The van der Waals surface area contributed by atoms with Gasteiger partial charge in [0.05, 0.1) is 13.2 Å². The van der Waals surface area contributed by atoms with Crippen molar-refractivity contribution >= 4 is 17.6 Å². The van der Waals surface area contributed by atoms with Gasteiger partial charge in [-0.15, -0.1) is 0 Å². The smallest absolute Gasteiger partial charge is 0.319 e. The highest BCUT2D eigenvalue weighted by atomic mass is 16.5. The fourth-order valence-corrected chi connectivity index (χ4v) is 4.00.